The lowest BCUT2D eigenvalue weighted by molar-refractivity contribution is -0.108. The number of ether oxygens (including phenoxy) is 2. The Morgan fingerprint density at radius 3 is 2.53 bits per heavy atom. The first kappa shape index (κ1) is 11.6. The van der Waals surface area contributed by atoms with Crippen molar-refractivity contribution in [2.24, 2.45) is 0 Å². The Morgan fingerprint density at radius 2 is 1.88 bits per heavy atom. The van der Waals surface area contributed by atoms with Gasteiger partial charge in [0.25, 0.3) is 0 Å². The third-order valence-corrected chi connectivity index (χ3v) is 2.14. The third kappa shape index (κ3) is 2.61. The highest BCUT2D eigenvalue weighted by Gasteiger charge is 2.12. The average molecular weight is 232 g/mol. The Hall–Kier alpha value is -1.92. The van der Waals surface area contributed by atoms with Gasteiger partial charge in [0.1, 0.15) is 11.4 Å². The Bertz CT molecular complexity index is 474. The van der Waals surface area contributed by atoms with E-state index < -0.39 is 6.29 Å². The summed E-state index contributed by atoms with van der Waals surface area (Å²) in [4.78, 5) is 16.6. The summed E-state index contributed by atoms with van der Waals surface area (Å²) >= 11 is 0. The molecule has 0 N–H and O–H groups in total. The van der Waals surface area contributed by atoms with Crippen molar-refractivity contribution in [1.82, 2.24) is 19.9 Å². The number of hydrogen-bond donors (Lipinski definition) is 0. The van der Waals surface area contributed by atoms with Crippen molar-refractivity contribution in [2.45, 2.75) is 6.29 Å². The molecular formula is C11H12N4O2. The molecule has 0 aliphatic heterocycles. The van der Waals surface area contributed by atoms with E-state index >= 15 is 0 Å². The second-order valence-corrected chi connectivity index (χ2v) is 3.20. The van der Waals surface area contributed by atoms with Crippen LogP contribution >= 0.6 is 0 Å². The van der Waals surface area contributed by atoms with Crippen LogP contribution in [0.15, 0.2) is 30.9 Å². The minimum Gasteiger partial charge on any atom is -0.350 e. The highest BCUT2D eigenvalue weighted by atomic mass is 16.7. The average Bonchev–Trinajstić information content (AvgIpc) is 2.42. The molecule has 0 atom stereocenters. The lowest BCUT2D eigenvalue weighted by Crippen LogP contribution is -2.07. The Labute approximate surface area is 98.7 Å². The van der Waals surface area contributed by atoms with Crippen molar-refractivity contribution < 1.29 is 9.47 Å². The molecule has 0 aromatic carbocycles. The molecule has 88 valence electrons. The van der Waals surface area contributed by atoms with Gasteiger partial charge in [-0.1, -0.05) is 0 Å². The van der Waals surface area contributed by atoms with Gasteiger partial charge in [-0.2, -0.15) is 0 Å². The molecule has 0 fully saturated rings. The summed E-state index contributed by atoms with van der Waals surface area (Å²) in [5, 5.41) is 0. The standard InChI is InChI=1S/C11H12N4O2/c1-16-11(17-2)8-3-4-14-10(15-8)9-7-12-5-6-13-9/h3-7,11H,1-2H3. The lowest BCUT2D eigenvalue weighted by atomic mass is 10.3. The summed E-state index contributed by atoms with van der Waals surface area (Å²) in [6, 6.07) is 1.73. The highest BCUT2D eigenvalue weighted by Crippen LogP contribution is 2.17. The lowest BCUT2D eigenvalue weighted by Gasteiger charge is -2.12. The van der Waals surface area contributed by atoms with Gasteiger partial charge in [0.05, 0.1) is 6.20 Å². The predicted octanol–water partition coefficient (Wildman–Crippen LogP) is 1.22. The van der Waals surface area contributed by atoms with Gasteiger partial charge in [0.15, 0.2) is 5.82 Å². The van der Waals surface area contributed by atoms with E-state index in [1.54, 1.807) is 45.1 Å². The number of hydrogen-bond acceptors (Lipinski definition) is 6. The van der Waals surface area contributed by atoms with Crippen molar-refractivity contribution >= 4 is 0 Å². The van der Waals surface area contributed by atoms with E-state index in [4.69, 9.17) is 9.47 Å². The van der Waals surface area contributed by atoms with E-state index in [-0.39, 0.29) is 0 Å². The molecule has 2 aromatic heterocycles. The van der Waals surface area contributed by atoms with Gasteiger partial charge in [0.2, 0.25) is 6.29 Å². The summed E-state index contributed by atoms with van der Waals surface area (Å²) in [7, 11) is 3.11. The van der Waals surface area contributed by atoms with Gasteiger partial charge in [0, 0.05) is 32.8 Å². The molecule has 0 saturated heterocycles. The van der Waals surface area contributed by atoms with Crippen LogP contribution < -0.4 is 0 Å². The van der Waals surface area contributed by atoms with E-state index in [0.29, 0.717) is 17.2 Å². The normalized spacial score (nSPS) is 10.8. The minimum atomic E-state index is -0.506. The summed E-state index contributed by atoms with van der Waals surface area (Å²) in [5.41, 5.74) is 1.26. The van der Waals surface area contributed by atoms with Gasteiger partial charge < -0.3 is 9.47 Å². The zero-order valence-electron chi connectivity index (χ0n) is 9.57. The van der Waals surface area contributed by atoms with Crippen molar-refractivity contribution in [3.05, 3.63) is 36.5 Å². The number of methoxy groups -OCH3 is 2. The second kappa shape index (κ2) is 5.42. The van der Waals surface area contributed by atoms with Crippen molar-refractivity contribution in [1.29, 1.82) is 0 Å². The molecule has 0 radical (unpaired) electrons. The summed E-state index contributed by atoms with van der Waals surface area (Å²) in [6.07, 6.45) is 5.93. The second-order valence-electron chi connectivity index (χ2n) is 3.20. The highest BCUT2D eigenvalue weighted by molar-refractivity contribution is 5.46. The molecule has 2 heterocycles. The Morgan fingerprint density at radius 1 is 1.06 bits per heavy atom. The maximum absolute atomic E-state index is 5.13. The summed E-state index contributed by atoms with van der Waals surface area (Å²) in [6.45, 7) is 0. The molecule has 0 aliphatic carbocycles. The summed E-state index contributed by atoms with van der Waals surface area (Å²) in [5.74, 6) is 0.495. The number of nitrogens with zero attached hydrogens (tertiary/aromatic N) is 4. The summed E-state index contributed by atoms with van der Waals surface area (Å²) < 4.78 is 10.3. The zero-order valence-corrected chi connectivity index (χ0v) is 9.57. The van der Waals surface area contributed by atoms with Gasteiger partial charge in [-0.05, 0) is 6.07 Å². The fourth-order valence-corrected chi connectivity index (χ4v) is 1.38. The molecule has 2 rings (SSSR count). The van der Waals surface area contributed by atoms with Crippen LogP contribution in [0.25, 0.3) is 11.5 Å². The van der Waals surface area contributed by atoms with Gasteiger partial charge in [-0.3, -0.25) is 4.98 Å². The Balaban J connectivity index is 2.35. The van der Waals surface area contributed by atoms with Crippen LogP contribution in [0.2, 0.25) is 0 Å². The molecule has 6 nitrogen and oxygen atoms in total. The van der Waals surface area contributed by atoms with Crippen LogP contribution in [0.1, 0.15) is 12.0 Å². The number of rotatable bonds is 4. The SMILES string of the molecule is COC(OC)c1ccnc(-c2cnccn2)n1. The van der Waals surface area contributed by atoms with E-state index in [9.17, 15) is 0 Å². The van der Waals surface area contributed by atoms with E-state index in [2.05, 4.69) is 19.9 Å². The quantitative estimate of drug-likeness (QED) is 0.738. The maximum atomic E-state index is 5.13. The molecule has 0 saturated carbocycles. The van der Waals surface area contributed by atoms with E-state index in [0.717, 1.165) is 0 Å². The third-order valence-electron chi connectivity index (χ3n) is 2.14. The van der Waals surface area contributed by atoms with Crippen molar-refractivity contribution in [3.8, 4) is 11.5 Å². The van der Waals surface area contributed by atoms with Gasteiger partial charge >= 0.3 is 0 Å². The van der Waals surface area contributed by atoms with Crippen LogP contribution in [0.5, 0.6) is 0 Å². The van der Waals surface area contributed by atoms with Crippen LogP contribution in [-0.2, 0) is 9.47 Å². The van der Waals surface area contributed by atoms with Crippen LogP contribution in [0.3, 0.4) is 0 Å². The van der Waals surface area contributed by atoms with Crippen molar-refractivity contribution in [3.63, 3.8) is 0 Å². The molecule has 0 aliphatic rings. The molecule has 0 bridgehead atoms. The van der Waals surface area contributed by atoms with Crippen LogP contribution in [0.4, 0.5) is 0 Å². The molecule has 6 heteroatoms. The first-order valence-electron chi connectivity index (χ1n) is 5.00. The fraction of sp³-hybridized carbons (Fsp3) is 0.273. The topological polar surface area (TPSA) is 70.0 Å². The van der Waals surface area contributed by atoms with Crippen LogP contribution in [-0.4, -0.2) is 34.2 Å². The predicted molar refractivity (Wildman–Crippen MR) is 59.8 cm³/mol. The molecular weight excluding hydrogens is 220 g/mol. The molecule has 17 heavy (non-hydrogen) atoms. The van der Waals surface area contributed by atoms with E-state index in [1.165, 1.54) is 0 Å². The minimum absolute atomic E-state index is 0.495. The number of aromatic nitrogens is 4. The van der Waals surface area contributed by atoms with Gasteiger partial charge in [-0.25, -0.2) is 15.0 Å². The molecule has 2 aromatic rings. The van der Waals surface area contributed by atoms with E-state index in [1.807, 2.05) is 0 Å². The van der Waals surface area contributed by atoms with Gasteiger partial charge in [-0.15, -0.1) is 0 Å². The van der Waals surface area contributed by atoms with Crippen LogP contribution in [0, 0.1) is 0 Å². The first-order valence-corrected chi connectivity index (χ1v) is 5.00. The Kier molecular flexibility index (Phi) is 3.69. The maximum Gasteiger partial charge on any atom is 0.200 e. The molecule has 0 spiro atoms. The first-order chi connectivity index (χ1) is 8.35. The smallest absolute Gasteiger partial charge is 0.200 e. The monoisotopic (exact) mass is 232 g/mol. The fourth-order valence-electron chi connectivity index (χ4n) is 1.38. The molecule has 0 amide bonds. The van der Waals surface area contributed by atoms with Crippen molar-refractivity contribution in [2.75, 3.05) is 14.2 Å². The zero-order chi connectivity index (χ0) is 12.1. The largest absolute Gasteiger partial charge is 0.350 e. The molecule has 0 unspecified atom stereocenters.